The van der Waals surface area contributed by atoms with E-state index in [1.807, 2.05) is 0 Å². The van der Waals surface area contributed by atoms with E-state index in [-0.39, 0.29) is 16.7 Å². The van der Waals surface area contributed by atoms with Crippen LogP contribution in [0.1, 0.15) is 6.92 Å². The summed E-state index contributed by atoms with van der Waals surface area (Å²) < 4.78 is 23.5. The average Bonchev–Trinajstić information content (AvgIpc) is 2.39. The van der Waals surface area contributed by atoms with Gasteiger partial charge in [0.2, 0.25) is 15.0 Å². The number of nitrogens with two attached hydrogens (primary N) is 1. The van der Waals surface area contributed by atoms with Gasteiger partial charge >= 0.3 is 0 Å². The molecule has 7 heteroatoms. The van der Waals surface area contributed by atoms with Gasteiger partial charge in [-0.05, 0) is 12.1 Å². The molecule has 0 amide bonds. The van der Waals surface area contributed by atoms with Crippen molar-refractivity contribution in [3.05, 3.63) is 30.6 Å². The second-order valence-corrected chi connectivity index (χ2v) is 5.77. The molecule has 0 aliphatic heterocycles. The first-order valence-electron chi connectivity index (χ1n) is 5.30. The van der Waals surface area contributed by atoms with Gasteiger partial charge in [-0.15, -0.1) is 0 Å². The molecule has 0 unspecified atom stereocenters. The second kappa shape index (κ2) is 4.69. The minimum absolute atomic E-state index is 0.0633. The van der Waals surface area contributed by atoms with Crippen molar-refractivity contribution in [2.24, 2.45) is 0 Å². The first-order valence-corrected chi connectivity index (χ1v) is 6.96. The average molecular weight is 264 g/mol. The highest BCUT2D eigenvalue weighted by Gasteiger charge is 2.17. The molecule has 0 saturated heterocycles. The quantitative estimate of drug-likeness (QED) is 0.827. The summed E-state index contributed by atoms with van der Waals surface area (Å²) in [6, 6.07) is 4.98. The number of anilines is 1. The third kappa shape index (κ3) is 2.45. The molecule has 2 N–H and O–H groups in total. The lowest BCUT2D eigenvalue weighted by Gasteiger charge is -2.05. The summed E-state index contributed by atoms with van der Waals surface area (Å²) in [5, 5.41) is -0.239. The fourth-order valence-electron chi connectivity index (χ4n) is 1.38. The van der Waals surface area contributed by atoms with Crippen molar-refractivity contribution in [1.82, 2.24) is 15.0 Å². The monoisotopic (exact) mass is 264 g/mol. The number of sulfone groups is 1. The van der Waals surface area contributed by atoms with Crippen molar-refractivity contribution < 1.29 is 8.42 Å². The van der Waals surface area contributed by atoms with E-state index >= 15 is 0 Å². The molecule has 0 spiro atoms. The summed E-state index contributed by atoms with van der Waals surface area (Å²) in [5.74, 6) is 0.0653. The van der Waals surface area contributed by atoms with E-state index in [0.717, 1.165) is 5.56 Å². The van der Waals surface area contributed by atoms with Crippen molar-refractivity contribution in [2.75, 3.05) is 11.5 Å². The second-order valence-electron chi connectivity index (χ2n) is 3.60. The molecular formula is C11H12N4O2S. The van der Waals surface area contributed by atoms with Crippen LogP contribution in [-0.2, 0) is 9.84 Å². The van der Waals surface area contributed by atoms with Crippen LogP contribution in [-0.4, -0.2) is 29.1 Å². The van der Waals surface area contributed by atoms with Crippen molar-refractivity contribution in [2.45, 2.75) is 12.1 Å². The fourth-order valence-corrected chi connectivity index (χ4v) is 2.12. The number of hydrogen-bond acceptors (Lipinski definition) is 6. The van der Waals surface area contributed by atoms with E-state index in [2.05, 4.69) is 15.0 Å². The molecule has 18 heavy (non-hydrogen) atoms. The van der Waals surface area contributed by atoms with E-state index in [1.165, 1.54) is 13.0 Å². The summed E-state index contributed by atoms with van der Waals surface area (Å²) in [6.45, 7) is 1.54. The van der Waals surface area contributed by atoms with Crippen LogP contribution in [0.2, 0.25) is 0 Å². The van der Waals surface area contributed by atoms with Crippen molar-refractivity contribution in [3.63, 3.8) is 0 Å². The van der Waals surface area contributed by atoms with Crippen LogP contribution in [0.25, 0.3) is 11.3 Å². The van der Waals surface area contributed by atoms with E-state index in [4.69, 9.17) is 5.73 Å². The van der Waals surface area contributed by atoms with Gasteiger partial charge in [-0.2, -0.15) is 0 Å². The molecule has 0 aromatic carbocycles. The zero-order valence-corrected chi connectivity index (χ0v) is 10.6. The van der Waals surface area contributed by atoms with Gasteiger partial charge in [0.1, 0.15) is 5.82 Å². The maximum absolute atomic E-state index is 11.7. The molecule has 0 atom stereocenters. The molecular weight excluding hydrogens is 252 g/mol. The predicted octanol–water partition coefficient (Wildman–Crippen LogP) is 0.914. The standard InChI is InChI=1S/C11H12N4O2S/c1-2-18(16,17)11-14-9(7-10(12)15-11)8-3-5-13-6-4-8/h3-7H,2H2,1H3,(H2,12,14,15). The van der Waals surface area contributed by atoms with Crippen LogP contribution >= 0.6 is 0 Å². The lowest BCUT2D eigenvalue weighted by Crippen LogP contribution is -2.11. The van der Waals surface area contributed by atoms with E-state index < -0.39 is 9.84 Å². The predicted molar refractivity (Wildman–Crippen MR) is 67.4 cm³/mol. The Bertz CT molecular complexity index is 656. The van der Waals surface area contributed by atoms with Crippen molar-refractivity contribution in [3.8, 4) is 11.3 Å². The molecule has 6 nitrogen and oxygen atoms in total. The number of aromatic nitrogens is 3. The Kier molecular flexibility index (Phi) is 3.24. The van der Waals surface area contributed by atoms with Gasteiger partial charge in [-0.25, -0.2) is 18.4 Å². The lowest BCUT2D eigenvalue weighted by molar-refractivity contribution is 0.588. The Morgan fingerprint density at radius 2 is 1.89 bits per heavy atom. The molecule has 0 fully saturated rings. The Morgan fingerprint density at radius 3 is 2.50 bits per heavy atom. The maximum atomic E-state index is 11.7. The third-order valence-corrected chi connectivity index (χ3v) is 3.86. The molecule has 94 valence electrons. The normalized spacial score (nSPS) is 11.4. The molecule has 0 saturated carbocycles. The Morgan fingerprint density at radius 1 is 1.22 bits per heavy atom. The Balaban J connectivity index is 2.59. The molecule has 2 heterocycles. The molecule has 2 aromatic heterocycles. The van der Waals surface area contributed by atoms with Crippen molar-refractivity contribution >= 4 is 15.7 Å². The summed E-state index contributed by atoms with van der Waals surface area (Å²) in [7, 11) is -3.47. The van der Waals surface area contributed by atoms with Gasteiger partial charge < -0.3 is 5.73 Å². The van der Waals surface area contributed by atoms with E-state index in [0.29, 0.717) is 5.69 Å². The minimum atomic E-state index is -3.47. The van der Waals surface area contributed by atoms with Crippen LogP contribution in [0.4, 0.5) is 5.82 Å². The maximum Gasteiger partial charge on any atom is 0.249 e. The molecule has 0 aliphatic rings. The topological polar surface area (TPSA) is 98.8 Å². The number of nitrogen functional groups attached to an aromatic ring is 1. The summed E-state index contributed by atoms with van der Waals surface area (Å²) >= 11 is 0. The molecule has 0 aliphatic carbocycles. The number of hydrogen-bond donors (Lipinski definition) is 1. The Labute approximate surface area is 105 Å². The van der Waals surface area contributed by atoms with Gasteiger partial charge in [0.25, 0.3) is 0 Å². The first kappa shape index (κ1) is 12.4. The fraction of sp³-hybridized carbons (Fsp3) is 0.182. The first-order chi connectivity index (χ1) is 8.53. The lowest BCUT2D eigenvalue weighted by atomic mass is 10.2. The number of nitrogens with zero attached hydrogens (tertiary/aromatic N) is 3. The van der Waals surface area contributed by atoms with Crippen LogP contribution in [0, 0.1) is 0 Å². The van der Waals surface area contributed by atoms with Gasteiger partial charge in [0.05, 0.1) is 11.4 Å². The van der Waals surface area contributed by atoms with Crippen LogP contribution in [0.3, 0.4) is 0 Å². The summed E-state index contributed by atoms with van der Waals surface area (Å²) in [5.41, 5.74) is 6.83. The zero-order chi connectivity index (χ0) is 13.2. The third-order valence-electron chi connectivity index (χ3n) is 2.36. The largest absolute Gasteiger partial charge is 0.384 e. The Hall–Kier alpha value is -2.02. The van der Waals surface area contributed by atoms with Gasteiger partial charge in [0, 0.05) is 24.0 Å². The number of pyridine rings is 1. The summed E-state index contributed by atoms with van der Waals surface area (Å²) in [6.07, 6.45) is 3.20. The smallest absolute Gasteiger partial charge is 0.249 e. The van der Waals surface area contributed by atoms with Crippen molar-refractivity contribution in [1.29, 1.82) is 0 Å². The summed E-state index contributed by atoms with van der Waals surface area (Å²) in [4.78, 5) is 11.7. The van der Waals surface area contributed by atoms with Gasteiger partial charge in [0.15, 0.2) is 0 Å². The highest BCUT2D eigenvalue weighted by Crippen LogP contribution is 2.19. The highest BCUT2D eigenvalue weighted by atomic mass is 32.2. The van der Waals surface area contributed by atoms with Crippen LogP contribution < -0.4 is 5.73 Å². The van der Waals surface area contributed by atoms with E-state index in [9.17, 15) is 8.42 Å². The van der Waals surface area contributed by atoms with Crippen LogP contribution in [0.5, 0.6) is 0 Å². The van der Waals surface area contributed by atoms with Crippen LogP contribution in [0.15, 0.2) is 35.7 Å². The highest BCUT2D eigenvalue weighted by molar-refractivity contribution is 7.91. The molecule has 0 bridgehead atoms. The van der Waals surface area contributed by atoms with Gasteiger partial charge in [-0.3, -0.25) is 4.98 Å². The SMILES string of the molecule is CCS(=O)(=O)c1nc(N)cc(-c2ccncc2)n1. The number of rotatable bonds is 3. The minimum Gasteiger partial charge on any atom is -0.384 e. The molecule has 0 radical (unpaired) electrons. The van der Waals surface area contributed by atoms with Gasteiger partial charge in [-0.1, -0.05) is 6.92 Å². The molecule has 2 aromatic rings. The van der Waals surface area contributed by atoms with E-state index in [1.54, 1.807) is 24.5 Å². The zero-order valence-electron chi connectivity index (χ0n) is 9.74. The molecule has 2 rings (SSSR count).